The molecule has 1 N–H and O–H groups in total. The first-order valence-electron chi connectivity index (χ1n) is 6.23. The van der Waals surface area contributed by atoms with Gasteiger partial charge in [-0.2, -0.15) is 0 Å². The molecule has 0 spiro atoms. The van der Waals surface area contributed by atoms with Crippen LogP contribution < -0.4 is 0 Å². The van der Waals surface area contributed by atoms with Gasteiger partial charge in [-0.3, -0.25) is 0 Å². The van der Waals surface area contributed by atoms with Crippen molar-refractivity contribution in [3.8, 4) is 0 Å². The third kappa shape index (κ3) is 2.52. The Morgan fingerprint density at radius 1 is 1.50 bits per heavy atom. The number of aromatic nitrogens is 4. The molecule has 1 heterocycles. The van der Waals surface area contributed by atoms with E-state index in [1.54, 1.807) is 26.0 Å². The van der Waals surface area contributed by atoms with E-state index in [0.29, 0.717) is 17.8 Å². The van der Waals surface area contributed by atoms with Gasteiger partial charge >= 0.3 is 5.97 Å². The van der Waals surface area contributed by atoms with Gasteiger partial charge in [-0.1, -0.05) is 19.1 Å². The molecule has 2 rings (SSSR count). The maximum absolute atomic E-state index is 13.2. The largest absolute Gasteiger partial charge is 0.479 e. The molecule has 0 aliphatic rings. The number of hydrogen-bond acceptors (Lipinski definition) is 4. The van der Waals surface area contributed by atoms with E-state index in [0.717, 1.165) is 0 Å². The van der Waals surface area contributed by atoms with E-state index in [1.165, 1.54) is 16.8 Å². The Morgan fingerprint density at radius 3 is 2.85 bits per heavy atom. The smallest absolute Gasteiger partial charge is 0.331 e. The molecular formula is C13H15FN4O2. The highest BCUT2D eigenvalue weighted by Crippen LogP contribution is 2.22. The van der Waals surface area contributed by atoms with Crippen LogP contribution >= 0.6 is 0 Å². The number of carbonyl (C=O) groups is 1. The molecule has 0 saturated heterocycles. The van der Waals surface area contributed by atoms with E-state index in [-0.39, 0.29) is 12.2 Å². The zero-order valence-electron chi connectivity index (χ0n) is 11.2. The Morgan fingerprint density at radius 2 is 2.25 bits per heavy atom. The fraction of sp³-hybridized carbons (Fsp3) is 0.385. The van der Waals surface area contributed by atoms with Crippen LogP contribution in [0.2, 0.25) is 0 Å². The number of rotatable bonds is 5. The number of hydrogen-bond donors (Lipinski definition) is 1. The zero-order valence-corrected chi connectivity index (χ0v) is 11.2. The Kier molecular flexibility index (Phi) is 3.78. The minimum atomic E-state index is -1.22. The van der Waals surface area contributed by atoms with Crippen LogP contribution in [0.1, 0.15) is 31.7 Å². The minimum Gasteiger partial charge on any atom is -0.479 e. The normalized spacial score (nSPS) is 13.9. The summed E-state index contributed by atoms with van der Waals surface area (Å²) in [5, 5.41) is 20.5. The number of aliphatic carboxylic acids is 1. The van der Waals surface area contributed by atoms with Gasteiger partial charge in [-0.25, -0.2) is 13.9 Å². The second-order valence-corrected chi connectivity index (χ2v) is 4.75. The van der Waals surface area contributed by atoms with E-state index in [1.807, 2.05) is 0 Å². The lowest BCUT2D eigenvalue weighted by Crippen LogP contribution is -2.40. The molecule has 0 bridgehead atoms. The van der Waals surface area contributed by atoms with Crippen molar-refractivity contribution < 1.29 is 14.3 Å². The van der Waals surface area contributed by atoms with E-state index in [4.69, 9.17) is 0 Å². The molecule has 1 unspecified atom stereocenters. The molecule has 7 heteroatoms. The molecule has 0 fully saturated rings. The first-order valence-corrected chi connectivity index (χ1v) is 6.23. The summed E-state index contributed by atoms with van der Waals surface area (Å²) >= 11 is 0. The molecule has 1 aromatic carbocycles. The fourth-order valence-electron chi connectivity index (χ4n) is 1.92. The molecule has 1 aromatic heterocycles. The average Bonchev–Trinajstić information content (AvgIpc) is 2.86. The van der Waals surface area contributed by atoms with E-state index in [2.05, 4.69) is 15.5 Å². The van der Waals surface area contributed by atoms with Crippen molar-refractivity contribution in [1.82, 2.24) is 20.2 Å². The minimum absolute atomic E-state index is 0.271. The number of tetrazole rings is 1. The maximum atomic E-state index is 13.2. The highest BCUT2D eigenvalue weighted by molar-refractivity contribution is 5.76. The van der Waals surface area contributed by atoms with Crippen LogP contribution in [0.4, 0.5) is 4.39 Å². The summed E-state index contributed by atoms with van der Waals surface area (Å²) in [6.07, 6.45) is 0.608. The molecule has 6 nitrogen and oxygen atoms in total. The van der Waals surface area contributed by atoms with Gasteiger partial charge in [0.2, 0.25) is 0 Å². The van der Waals surface area contributed by atoms with Crippen molar-refractivity contribution >= 4 is 5.97 Å². The van der Waals surface area contributed by atoms with Gasteiger partial charge < -0.3 is 5.11 Å². The third-order valence-corrected chi connectivity index (χ3v) is 3.40. The van der Waals surface area contributed by atoms with Gasteiger partial charge in [0.1, 0.15) is 5.82 Å². The molecule has 20 heavy (non-hydrogen) atoms. The molecule has 0 amide bonds. The Labute approximate surface area is 115 Å². The van der Waals surface area contributed by atoms with Crippen LogP contribution in [-0.2, 0) is 16.8 Å². The molecule has 0 saturated carbocycles. The lowest BCUT2D eigenvalue weighted by Gasteiger charge is -2.24. The quantitative estimate of drug-likeness (QED) is 0.898. The molecule has 106 valence electrons. The Bertz CT molecular complexity index is 628. The van der Waals surface area contributed by atoms with Gasteiger partial charge in [0.15, 0.2) is 11.4 Å². The first-order chi connectivity index (χ1) is 9.47. The van der Waals surface area contributed by atoms with Gasteiger partial charge in [-0.05, 0) is 41.5 Å². The van der Waals surface area contributed by atoms with Crippen LogP contribution in [0.5, 0.6) is 0 Å². The number of nitrogens with zero attached hydrogens (tertiary/aromatic N) is 4. The zero-order chi connectivity index (χ0) is 14.8. The van der Waals surface area contributed by atoms with Crippen molar-refractivity contribution in [2.24, 2.45) is 0 Å². The van der Waals surface area contributed by atoms with Gasteiger partial charge in [-0.15, -0.1) is 5.10 Å². The first kappa shape index (κ1) is 14.1. The maximum Gasteiger partial charge on any atom is 0.331 e. The second kappa shape index (κ2) is 5.36. The van der Waals surface area contributed by atoms with Crippen LogP contribution in [-0.4, -0.2) is 31.3 Å². The van der Waals surface area contributed by atoms with Gasteiger partial charge in [0, 0.05) is 6.42 Å². The highest BCUT2D eigenvalue weighted by atomic mass is 19.1. The monoisotopic (exact) mass is 278 g/mol. The van der Waals surface area contributed by atoms with Crippen LogP contribution in [0.3, 0.4) is 0 Å². The summed E-state index contributed by atoms with van der Waals surface area (Å²) in [6.45, 7) is 3.31. The van der Waals surface area contributed by atoms with Crippen LogP contribution in [0, 0.1) is 5.82 Å². The predicted molar refractivity (Wildman–Crippen MR) is 68.6 cm³/mol. The van der Waals surface area contributed by atoms with E-state index >= 15 is 0 Å². The van der Waals surface area contributed by atoms with Crippen molar-refractivity contribution in [3.63, 3.8) is 0 Å². The summed E-state index contributed by atoms with van der Waals surface area (Å²) in [5.74, 6) is -0.965. The summed E-state index contributed by atoms with van der Waals surface area (Å²) in [4.78, 5) is 11.4. The fourth-order valence-corrected chi connectivity index (χ4v) is 1.92. The summed E-state index contributed by atoms with van der Waals surface area (Å²) in [5.41, 5.74) is -0.531. The van der Waals surface area contributed by atoms with Crippen LogP contribution in [0.15, 0.2) is 24.3 Å². The molecule has 0 aliphatic carbocycles. The number of benzene rings is 1. The Balaban J connectivity index is 2.36. The second-order valence-electron chi connectivity index (χ2n) is 4.75. The molecular weight excluding hydrogens is 263 g/mol. The molecule has 2 aromatic rings. The highest BCUT2D eigenvalue weighted by Gasteiger charge is 2.36. The molecule has 0 aliphatic heterocycles. The lowest BCUT2D eigenvalue weighted by atomic mass is 9.99. The lowest BCUT2D eigenvalue weighted by molar-refractivity contribution is -0.147. The Hall–Kier alpha value is -2.31. The molecule has 0 radical (unpaired) electrons. The third-order valence-electron chi connectivity index (χ3n) is 3.40. The van der Waals surface area contributed by atoms with E-state index in [9.17, 15) is 14.3 Å². The van der Waals surface area contributed by atoms with Crippen molar-refractivity contribution in [3.05, 3.63) is 41.5 Å². The SMILES string of the molecule is CCC(C)(C(=O)O)n1nnnc1Cc1cccc(F)c1. The summed E-state index contributed by atoms with van der Waals surface area (Å²) in [7, 11) is 0. The molecule has 1 atom stereocenters. The summed E-state index contributed by atoms with van der Waals surface area (Å²) in [6, 6.07) is 6.06. The standard InChI is InChI=1S/C13H15FN4O2/c1-3-13(2,12(19)20)18-11(15-16-17-18)8-9-5-4-6-10(14)7-9/h4-7H,3,8H2,1-2H3,(H,19,20). The van der Waals surface area contributed by atoms with Crippen molar-refractivity contribution in [2.75, 3.05) is 0 Å². The van der Waals surface area contributed by atoms with Crippen LogP contribution in [0.25, 0.3) is 0 Å². The van der Waals surface area contributed by atoms with E-state index < -0.39 is 11.5 Å². The van der Waals surface area contributed by atoms with Crippen molar-refractivity contribution in [1.29, 1.82) is 0 Å². The van der Waals surface area contributed by atoms with Gasteiger partial charge in [0.25, 0.3) is 0 Å². The van der Waals surface area contributed by atoms with Crippen molar-refractivity contribution in [2.45, 2.75) is 32.2 Å². The summed E-state index contributed by atoms with van der Waals surface area (Å²) < 4.78 is 14.5. The topological polar surface area (TPSA) is 80.9 Å². The number of carboxylic acids is 1. The van der Waals surface area contributed by atoms with Gasteiger partial charge in [0.05, 0.1) is 0 Å². The number of halogens is 1. The number of carboxylic acid groups (broad SMARTS) is 1. The average molecular weight is 278 g/mol. The predicted octanol–water partition coefficient (Wildman–Crippen LogP) is 1.61.